The van der Waals surface area contributed by atoms with E-state index in [9.17, 15) is 13.2 Å². The van der Waals surface area contributed by atoms with Crippen LogP contribution < -0.4 is 0 Å². The van der Waals surface area contributed by atoms with Crippen molar-refractivity contribution in [2.45, 2.75) is 24.7 Å². The number of carbonyl (C=O) groups excluding carboxylic acids is 1. The van der Waals surface area contributed by atoms with Crippen molar-refractivity contribution in [2.75, 3.05) is 13.1 Å². The second-order valence-electron chi connectivity index (χ2n) is 4.64. The van der Waals surface area contributed by atoms with E-state index in [-0.39, 0.29) is 29.7 Å². The van der Waals surface area contributed by atoms with E-state index in [1.165, 1.54) is 16.4 Å². The number of nitrogens with zero attached hydrogens (tertiary/aromatic N) is 1. The van der Waals surface area contributed by atoms with Gasteiger partial charge in [-0.25, -0.2) is 8.42 Å². The fraction of sp³-hybridized carbons (Fsp3) is 0.462. The van der Waals surface area contributed by atoms with Gasteiger partial charge in [0, 0.05) is 30.5 Å². The minimum Gasteiger partial charge on any atom is -0.299 e. The molecule has 0 aliphatic carbocycles. The van der Waals surface area contributed by atoms with Gasteiger partial charge in [-0.15, -0.1) is 0 Å². The fourth-order valence-corrected chi connectivity index (χ4v) is 3.82. The summed E-state index contributed by atoms with van der Waals surface area (Å²) in [6.45, 7) is 2.45. The number of hydrogen-bond acceptors (Lipinski definition) is 3. The van der Waals surface area contributed by atoms with Gasteiger partial charge in [0.25, 0.3) is 0 Å². The van der Waals surface area contributed by atoms with E-state index in [0.717, 1.165) is 0 Å². The molecule has 0 radical (unpaired) electrons. The van der Waals surface area contributed by atoms with E-state index in [1.54, 1.807) is 12.1 Å². The first-order chi connectivity index (χ1) is 8.95. The zero-order valence-electron chi connectivity index (χ0n) is 10.7. The number of piperidine rings is 1. The third kappa shape index (κ3) is 2.99. The molecule has 19 heavy (non-hydrogen) atoms. The lowest BCUT2D eigenvalue weighted by molar-refractivity contribution is -0.125. The summed E-state index contributed by atoms with van der Waals surface area (Å²) < 4.78 is 26.3. The summed E-state index contributed by atoms with van der Waals surface area (Å²) in [7, 11) is -3.52. The molecule has 0 N–H and O–H groups in total. The molecule has 1 aromatic carbocycles. The average molecular weight is 302 g/mol. The predicted molar refractivity (Wildman–Crippen MR) is 73.6 cm³/mol. The van der Waals surface area contributed by atoms with Gasteiger partial charge in [0.2, 0.25) is 10.0 Å². The molecule has 0 amide bonds. The Hall–Kier alpha value is -0.910. The Kier molecular flexibility index (Phi) is 4.28. The van der Waals surface area contributed by atoms with Crippen molar-refractivity contribution in [2.24, 2.45) is 5.92 Å². The van der Waals surface area contributed by atoms with Crippen molar-refractivity contribution in [3.8, 4) is 0 Å². The van der Waals surface area contributed by atoms with E-state index in [2.05, 4.69) is 0 Å². The summed E-state index contributed by atoms with van der Waals surface area (Å²) >= 11 is 5.76. The Morgan fingerprint density at radius 2 is 1.95 bits per heavy atom. The van der Waals surface area contributed by atoms with Crippen LogP contribution in [0.15, 0.2) is 29.2 Å². The van der Waals surface area contributed by atoms with Gasteiger partial charge in [-0.1, -0.05) is 18.5 Å². The molecule has 1 unspecified atom stereocenters. The van der Waals surface area contributed by atoms with Crippen molar-refractivity contribution in [1.29, 1.82) is 0 Å². The number of rotatable bonds is 3. The number of ketones is 1. The normalized spacial score (nSPS) is 21.6. The Morgan fingerprint density at radius 1 is 1.32 bits per heavy atom. The molecule has 0 saturated carbocycles. The lowest BCUT2D eigenvalue weighted by Crippen LogP contribution is -2.43. The first-order valence-electron chi connectivity index (χ1n) is 6.23. The van der Waals surface area contributed by atoms with Crippen molar-refractivity contribution < 1.29 is 13.2 Å². The van der Waals surface area contributed by atoms with E-state index in [4.69, 9.17) is 11.6 Å². The Morgan fingerprint density at radius 3 is 2.53 bits per heavy atom. The Bertz CT molecular complexity index is 568. The van der Waals surface area contributed by atoms with Crippen LogP contribution in [0.25, 0.3) is 0 Å². The molecule has 1 saturated heterocycles. The third-order valence-electron chi connectivity index (χ3n) is 3.43. The molecule has 1 aliphatic heterocycles. The number of halogens is 1. The molecule has 4 nitrogen and oxygen atoms in total. The smallest absolute Gasteiger partial charge is 0.243 e. The van der Waals surface area contributed by atoms with Gasteiger partial charge in [0.1, 0.15) is 5.78 Å². The quantitative estimate of drug-likeness (QED) is 0.861. The SMILES string of the molecule is CCC1CN(S(=O)(=O)c2ccc(Cl)cc2)CCC1=O. The van der Waals surface area contributed by atoms with Gasteiger partial charge < -0.3 is 0 Å². The second kappa shape index (κ2) is 5.61. The topological polar surface area (TPSA) is 54.5 Å². The molecule has 0 bridgehead atoms. The summed E-state index contributed by atoms with van der Waals surface area (Å²) in [6, 6.07) is 6.10. The predicted octanol–water partition coefficient (Wildman–Crippen LogP) is 2.33. The molecule has 1 heterocycles. The summed E-state index contributed by atoms with van der Waals surface area (Å²) in [6.07, 6.45) is 0.969. The van der Waals surface area contributed by atoms with E-state index in [1.807, 2.05) is 6.92 Å². The van der Waals surface area contributed by atoms with Gasteiger partial charge in [0.05, 0.1) is 4.90 Å². The highest BCUT2D eigenvalue weighted by atomic mass is 35.5. The van der Waals surface area contributed by atoms with Crippen molar-refractivity contribution >= 4 is 27.4 Å². The average Bonchev–Trinajstić information content (AvgIpc) is 2.39. The Balaban J connectivity index is 2.25. The van der Waals surface area contributed by atoms with Gasteiger partial charge in [-0.2, -0.15) is 4.31 Å². The second-order valence-corrected chi connectivity index (χ2v) is 7.01. The largest absolute Gasteiger partial charge is 0.299 e. The monoisotopic (exact) mass is 301 g/mol. The zero-order valence-corrected chi connectivity index (χ0v) is 12.2. The van der Waals surface area contributed by atoms with Crippen molar-refractivity contribution in [3.63, 3.8) is 0 Å². The molecule has 104 valence electrons. The van der Waals surface area contributed by atoms with Crippen LogP contribution in [0.4, 0.5) is 0 Å². The van der Waals surface area contributed by atoms with E-state index < -0.39 is 10.0 Å². The van der Waals surface area contributed by atoms with Crippen LogP contribution in [0.3, 0.4) is 0 Å². The van der Waals surface area contributed by atoms with Gasteiger partial charge in [0.15, 0.2) is 0 Å². The molecule has 6 heteroatoms. The lowest BCUT2D eigenvalue weighted by Gasteiger charge is -2.30. The van der Waals surface area contributed by atoms with E-state index in [0.29, 0.717) is 17.9 Å². The molecular weight excluding hydrogens is 286 g/mol. The first kappa shape index (κ1) is 14.5. The maximum Gasteiger partial charge on any atom is 0.243 e. The minimum atomic E-state index is -3.52. The van der Waals surface area contributed by atoms with Crippen LogP contribution in [-0.4, -0.2) is 31.6 Å². The van der Waals surface area contributed by atoms with Crippen LogP contribution in [0.2, 0.25) is 5.02 Å². The standard InChI is InChI=1S/C13H16ClNO3S/c1-2-10-9-15(8-7-13(10)16)19(17,18)12-5-3-11(14)4-6-12/h3-6,10H,2,7-9H2,1H3. The summed E-state index contributed by atoms with van der Waals surface area (Å²) in [5.74, 6) is -0.0270. The molecule has 0 aromatic heterocycles. The minimum absolute atomic E-state index is 0.157. The summed E-state index contributed by atoms with van der Waals surface area (Å²) in [4.78, 5) is 11.9. The third-order valence-corrected chi connectivity index (χ3v) is 5.56. The van der Waals surface area contributed by atoms with Crippen molar-refractivity contribution in [1.82, 2.24) is 4.31 Å². The number of sulfonamides is 1. The van der Waals surface area contributed by atoms with Gasteiger partial charge in [-0.3, -0.25) is 4.79 Å². The number of carbonyl (C=O) groups is 1. The fourth-order valence-electron chi connectivity index (χ4n) is 2.21. The van der Waals surface area contributed by atoms with Crippen LogP contribution in [-0.2, 0) is 14.8 Å². The highest BCUT2D eigenvalue weighted by molar-refractivity contribution is 7.89. The molecule has 0 spiro atoms. The van der Waals surface area contributed by atoms with Crippen LogP contribution in [0.1, 0.15) is 19.8 Å². The van der Waals surface area contributed by atoms with Gasteiger partial charge >= 0.3 is 0 Å². The lowest BCUT2D eigenvalue weighted by atomic mass is 9.96. The molecule has 1 atom stereocenters. The Labute approximate surface area is 118 Å². The number of Topliss-reactive ketones (excluding diaryl/α,β-unsaturated/α-hetero) is 1. The van der Waals surface area contributed by atoms with Crippen LogP contribution >= 0.6 is 11.6 Å². The molecular formula is C13H16ClNO3S. The maximum atomic E-state index is 12.4. The molecule has 1 fully saturated rings. The maximum absolute atomic E-state index is 12.4. The number of hydrogen-bond donors (Lipinski definition) is 0. The van der Waals surface area contributed by atoms with Gasteiger partial charge in [-0.05, 0) is 30.7 Å². The molecule has 2 rings (SSSR count). The molecule has 1 aliphatic rings. The van der Waals surface area contributed by atoms with Crippen molar-refractivity contribution in [3.05, 3.63) is 29.3 Å². The van der Waals surface area contributed by atoms with E-state index >= 15 is 0 Å². The first-order valence-corrected chi connectivity index (χ1v) is 8.05. The zero-order chi connectivity index (χ0) is 14.0. The highest BCUT2D eigenvalue weighted by Gasteiger charge is 2.33. The van der Waals surface area contributed by atoms with Crippen LogP contribution in [0, 0.1) is 5.92 Å². The summed E-state index contributed by atoms with van der Waals surface area (Å²) in [5, 5.41) is 0.499. The summed E-state index contributed by atoms with van der Waals surface area (Å²) in [5.41, 5.74) is 0. The highest BCUT2D eigenvalue weighted by Crippen LogP contribution is 2.24. The number of benzene rings is 1. The molecule has 1 aromatic rings. The van der Waals surface area contributed by atoms with Crippen LogP contribution in [0.5, 0.6) is 0 Å².